The summed E-state index contributed by atoms with van der Waals surface area (Å²) in [5, 5.41) is 0. The molecule has 7 heteroatoms. The molecule has 0 bridgehead atoms. The first-order valence-electron chi connectivity index (χ1n) is 27.7. The van der Waals surface area contributed by atoms with Gasteiger partial charge in [0.1, 0.15) is 24.4 Å². The highest BCUT2D eigenvalue weighted by Gasteiger charge is 2.40. The zero-order valence-electron chi connectivity index (χ0n) is 43.4. The maximum Gasteiger partial charge on any atom is 0.112 e. The summed E-state index contributed by atoms with van der Waals surface area (Å²) < 4.78 is 50.3. The summed E-state index contributed by atoms with van der Waals surface area (Å²) in [7, 11) is 0. The van der Waals surface area contributed by atoms with E-state index < -0.39 is 24.4 Å². The van der Waals surface area contributed by atoms with Crippen molar-refractivity contribution in [1.29, 1.82) is 0 Å². The van der Waals surface area contributed by atoms with Gasteiger partial charge in [-0.25, -0.2) is 0 Å². The van der Waals surface area contributed by atoms with Crippen LogP contribution in [0.25, 0.3) is 0 Å². The summed E-state index contributed by atoms with van der Waals surface area (Å²) in [5.74, 6) is 1.26. The van der Waals surface area contributed by atoms with Gasteiger partial charge in [0.05, 0.1) is 65.1 Å². The highest BCUT2D eigenvalue weighted by atomic mass is 16.6. The summed E-state index contributed by atoms with van der Waals surface area (Å²) >= 11 is 0. The summed E-state index contributed by atoms with van der Waals surface area (Å²) in [6, 6.07) is 62.8. The summed E-state index contributed by atoms with van der Waals surface area (Å²) in [6.07, 6.45) is 13.9. The smallest absolute Gasteiger partial charge is 0.112 e. The normalized spacial score (nSPS) is 17.1. The lowest BCUT2D eigenvalue weighted by molar-refractivity contribution is -0.215. The third-order valence-corrected chi connectivity index (χ3v) is 15.0. The molecule has 0 unspecified atom stereocenters. The molecule has 0 N–H and O–H groups in total. The van der Waals surface area contributed by atoms with Crippen LogP contribution in [0, 0.1) is 11.8 Å². The van der Waals surface area contributed by atoms with Crippen molar-refractivity contribution >= 4 is 0 Å². The van der Waals surface area contributed by atoms with Crippen molar-refractivity contribution in [3.8, 4) is 0 Å². The van der Waals surface area contributed by atoms with Crippen LogP contribution in [0.5, 0.6) is 0 Å². The van der Waals surface area contributed by atoms with Gasteiger partial charge >= 0.3 is 0 Å². The minimum Gasteiger partial charge on any atom is -0.374 e. The van der Waals surface area contributed by atoms with Gasteiger partial charge in [-0.3, -0.25) is 0 Å². The summed E-state index contributed by atoms with van der Waals surface area (Å²) in [6.45, 7) is 3.26. The van der Waals surface area contributed by atoms with E-state index in [-0.39, 0.29) is 12.2 Å². The van der Waals surface area contributed by atoms with E-state index in [1.165, 1.54) is 64.2 Å². The van der Waals surface area contributed by atoms with Crippen LogP contribution in [-0.4, -0.2) is 49.8 Å². The predicted octanol–water partition coefficient (Wildman–Crippen LogP) is 15.2. The maximum atomic E-state index is 8.01. The first kappa shape index (κ1) is 54.3. The Morgan fingerprint density at radius 2 is 0.575 bits per heavy atom. The SMILES string of the molecule is c1ccc(COC[C@@H](OCc2ccccc2)[C@H](OCc2ccccc2)[C@@H](CCC2CCCCC2)O[C@H](CCC2CCCCC2)[C@@H](OCc2ccccc2)[C@@H](COCc2ccccc2)OCc2ccccc2)cc1. The van der Waals surface area contributed by atoms with Crippen LogP contribution in [0.2, 0.25) is 0 Å². The van der Waals surface area contributed by atoms with Crippen LogP contribution in [0.4, 0.5) is 0 Å². The van der Waals surface area contributed by atoms with E-state index in [1.54, 1.807) is 0 Å². The molecular formula is C66H82O7. The first-order valence-corrected chi connectivity index (χ1v) is 27.7. The Labute approximate surface area is 437 Å². The van der Waals surface area contributed by atoms with Crippen LogP contribution in [0.15, 0.2) is 182 Å². The average molecular weight is 987 g/mol. The molecule has 6 atom stereocenters. The second-order valence-corrected chi connectivity index (χ2v) is 20.6. The van der Waals surface area contributed by atoms with Gasteiger partial charge in [0.15, 0.2) is 0 Å². The second kappa shape index (κ2) is 31.7. The van der Waals surface area contributed by atoms with Gasteiger partial charge in [-0.1, -0.05) is 246 Å². The molecule has 0 saturated heterocycles. The Bertz CT molecular complexity index is 2120. The van der Waals surface area contributed by atoms with Gasteiger partial charge in [-0.05, 0) is 70.9 Å². The molecular weight excluding hydrogens is 905 g/mol. The highest BCUT2D eigenvalue weighted by molar-refractivity contribution is 5.18. The standard InChI is InChI=1S/C66H82O7/c1-9-25-53(26-10-1)41-43-61(65(71-49-59-37-21-7-22-38-59)63(69-47-57-33-17-5-18-34-57)51-67-45-55-29-13-3-14-30-55)73-62(44-42-54-27-11-2-12-28-54)66(72-50-60-39-23-8-24-40-60)64(70-48-58-35-19-6-20-36-58)52-68-46-56-31-15-4-16-32-56/h3-8,13-24,29-40,53-54,61-66H,1-2,9-12,25-28,41-52H2/t61-,62-,63-,64-,65-,66-/m1/s1. The minimum atomic E-state index is -0.478. The van der Waals surface area contributed by atoms with Crippen molar-refractivity contribution in [2.45, 2.75) is 166 Å². The molecule has 7 nitrogen and oxygen atoms in total. The van der Waals surface area contributed by atoms with Crippen molar-refractivity contribution in [2.75, 3.05) is 13.2 Å². The Morgan fingerprint density at radius 3 is 0.877 bits per heavy atom. The molecule has 2 aliphatic rings. The molecule has 8 rings (SSSR count). The van der Waals surface area contributed by atoms with Crippen LogP contribution in [0.3, 0.4) is 0 Å². The first-order chi connectivity index (χ1) is 36.2. The molecule has 0 aliphatic heterocycles. The third kappa shape index (κ3) is 19.4. The lowest BCUT2D eigenvalue weighted by atomic mass is 9.84. The van der Waals surface area contributed by atoms with E-state index in [1.807, 2.05) is 12.1 Å². The van der Waals surface area contributed by atoms with Gasteiger partial charge in [0.25, 0.3) is 0 Å². The Hall–Kier alpha value is -4.96. The second-order valence-electron chi connectivity index (χ2n) is 20.6. The van der Waals surface area contributed by atoms with Crippen molar-refractivity contribution < 1.29 is 33.2 Å². The Balaban J connectivity index is 1.18. The van der Waals surface area contributed by atoms with E-state index in [0.29, 0.717) is 64.7 Å². The molecule has 0 amide bonds. The van der Waals surface area contributed by atoms with Crippen LogP contribution >= 0.6 is 0 Å². The monoisotopic (exact) mass is 987 g/mol. The topological polar surface area (TPSA) is 64.6 Å². The van der Waals surface area contributed by atoms with Crippen LogP contribution in [0.1, 0.15) is 123 Å². The van der Waals surface area contributed by atoms with Crippen molar-refractivity contribution in [2.24, 2.45) is 11.8 Å². The molecule has 6 aromatic rings. The molecule has 0 aromatic heterocycles. The van der Waals surface area contributed by atoms with Gasteiger partial charge in [-0.2, -0.15) is 0 Å². The van der Waals surface area contributed by atoms with Crippen LogP contribution in [-0.2, 0) is 72.8 Å². The average Bonchev–Trinajstić information content (AvgIpc) is 3.46. The van der Waals surface area contributed by atoms with E-state index >= 15 is 0 Å². The van der Waals surface area contributed by atoms with Gasteiger partial charge in [0.2, 0.25) is 0 Å². The molecule has 0 radical (unpaired) electrons. The Kier molecular flexibility index (Phi) is 23.6. The zero-order valence-corrected chi connectivity index (χ0v) is 43.4. The summed E-state index contributed by atoms with van der Waals surface area (Å²) in [4.78, 5) is 0. The third-order valence-electron chi connectivity index (χ3n) is 15.0. The number of benzene rings is 6. The number of hydrogen-bond acceptors (Lipinski definition) is 7. The van der Waals surface area contributed by atoms with Crippen molar-refractivity contribution in [1.82, 2.24) is 0 Å². The summed E-state index contributed by atoms with van der Waals surface area (Å²) in [5.41, 5.74) is 6.65. The molecule has 2 saturated carbocycles. The van der Waals surface area contributed by atoms with Gasteiger partial charge < -0.3 is 33.2 Å². The zero-order chi connectivity index (χ0) is 49.8. The molecule has 6 aromatic carbocycles. The fourth-order valence-electron chi connectivity index (χ4n) is 10.8. The van der Waals surface area contributed by atoms with E-state index in [2.05, 4.69) is 170 Å². The van der Waals surface area contributed by atoms with Gasteiger partial charge in [0, 0.05) is 0 Å². The van der Waals surface area contributed by atoms with E-state index in [4.69, 9.17) is 33.2 Å². The van der Waals surface area contributed by atoms with E-state index in [9.17, 15) is 0 Å². The molecule has 388 valence electrons. The highest BCUT2D eigenvalue weighted by Crippen LogP contribution is 2.35. The van der Waals surface area contributed by atoms with Crippen LogP contribution < -0.4 is 0 Å². The van der Waals surface area contributed by atoms with Crippen molar-refractivity contribution in [3.05, 3.63) is 215 Å². The predicted molar refractivity (Wildman–Crippen MR) is 293 cm³/mol. The molecule has 73 heavy (non-hydrogen) atoms. The van der Waals surface area contributed by atoms with E-state index in [0.717, 1.165) is 59.1 Å². The minimum absolute atomic E-state index is 0.335. The van der Waals surface area contributed by atoms with Crippen molar-refractivity contribution in [3.63, 3.8) is 0 Å². The number of ether oxygens (including phenoxy) is 7. The lowest BCUT2D eigenvalue weighted by Crippen LogP contribution is -2.51. The Morgan fingerprint density at radius 1 is 0.301 bits per heavy atom. The molecule has 0 heterocycles. The largest absolute Gasteiger partial charge is 0.374 e. The molecule has 0 spiro atoms. The fraction of sp³-hybridized carbons (Fsp3) is 0.455. The van der Waals surface area contributed by atoms with Gasteiger partial charge in [-0.15, -0.1) is 0 Å². The molecule has 2 fully saturated rings. The quantitative estimate of drug-likeness (QED) is 0.0417. The number of hydrogen-bond donors (Lipinski definition) is 0. The molecule has 2 aliphatic carbocycles. The fourth-order valence-corrected chi connectivity index (χ4v) is 10.8. The maximum absolute atomic E-state index is 8.01. The number of rotatable bonds is 32. The lowest BCUT2D eigenvalue weighted by Gasteiger charge is -2.40.